The van der Waals surface area contributed by atoms with E-state index in [2.05, 4.69) is 4.98 Å². The number of hydrogen-bond donors (Lipinski definition) is 0. The van der Waals surface area contributed by atoms with Crippen molar-refractivity contribution in [2.24, 2.45) is 0 Å². The minimum absolute atomic E-state index is 0.0275. The first kappa shape index (κ1) is 14.8. The SMILES string of the molecule is COc1cc(-c2cc(Cl)cc(Cl)c2Cl)cnc1[N+](=O)[O-]. The summed E-state index contributed by atoms with van der Waals surface area (Å²) < 4.78 is 4.96. The summed E-state index contributed by atoms with van der Waals surface area (Å²) in [5, 5.41) is 11.8. The second-order valence-corrected chi connectivity index (χ2v) is 4.98. The molecule has 1 aromatic heterocycles. The van der Waals surface area contributed by atoms with Gasteiger partial charge in [0, 0.05) is 22.2 Å². The number of pyridine rings is 1. The molecule has 0 aliphatic rings. The molecule has 104 valence electrons. The van der Waals surface area contributed by atoms with E-state index in [1.807, 2.05) is 0 Å². The smallest absolute Gasteiger partial charge is 0.406 e. The van der Waals surface area contributed by atoms with Gasteiger partial charge in [-0.3, -0.25) is 0 Å². The van der Waals surface area contributed by atoms with Crippen LogP contribution < -0.4 is 4.74 Å². The molecule has 0 saturated carbocycles. The Hall–Kier alpha value is -1.56. The minimum Gasteiger partial charge on any atom is -0.489 e. The Morgan fingerprint density at radius 2 is 1.95 bits per heavy atom. The lowest BCUT2D eigenvalue weighted by molar-refractivity contribution is -0.390. The molecule has 1 aromatic carbocycles. The van der Waals surface area contributed by atoms with Crippen LogP contribution in [0.5, 0.6) is 5.75 Å². The molecule has 0 radical (unpaired) electrons. The maximum absolute atomic E-state index is 10.8. The van der Waals surface area contributed by atoms with Crippen molar-refractivity contribution in [3.05, 3.63) is 49.6 Å². The Morgan fingerprint density at radius 1 is 1.25 bits per heavy atom. The first-order valence-corrected chi connectivity index (χ1v) is 6.40. The first-order chi connectivity index (χ1) is 9.43. The fourth-order valence-electron chi connectivity index (χ4n) is 1.64. The summed E-state index contributed by atoms with van der Waals surface area (Å²) in [6, 6.07) is 4.56. The van der Waals surface area contributed by atoms with Gasteiger partial charge in [0.05, 0.1) is 17.2 Å². The summed E-state index contributed by atoms with van der Waals surface area (Å²) in [6.07, 6.45) is 1.31. The molecular weight excluding hydrogens is 327 g/mol. The molecular formula is C12H7Cl3N2O3. The van der Waals surface area contributed by atoms with Crippen molar-refractivity contribution in [3.8, 4) is 16.9 Å². The van der Waals surface area contributed by atoms with Crippen molar-refractivity contribution < 1.29 is 9.66 Å². The Kier molecular flexibility index (Phi) is 4.32. The van der Waals surface area contributed by atoms with Crippen LogP contribution in [0, 0.1) is 10.1 Å². The molecule has 8 heteroatoms. The Labute approximate surface area is 129 Å². The van der Waals surface area contributed by atoms with Crippen LogP contribution in [-0.2, 0) is 0 Å². The largest absolute Gasteiger partial charge is 0.489 e. The third-order valence-electron chi connectivity index (χ3n) is 2.53. The van der Waals surface area contributed by atoms with Crippen LogP contribution in [0.25, 0.3) is 11.1 Å². The van der Waals surface area contributed by atoms with Crippen molar-refractivity contribution in [1.82, 2.24) is 4.98 Å². The predicted molar refractivity (Wildman–Crippen MR) is 77.9 cm³/mol. The van der Waals surface area contributed by atoms with Gasteiger partial charge >= 0.3 is 5.82 Å². The van der Waals surface area contributed by atoms with Crippen LogP contribution in [-0.4, -0.2) is 17.0 Å². The number of hydrogen-bond acceptors (Lipinski definition) is 4. The number of nitrogens with zero attached hydrogens (tertiary/aromatic N) is 2. The van der Waals surface area contributed by atoms with Crippen LogP contribution >= 0.6 is 34.8 Å². The predicted octanol–water partition coefficient (Wildman–Crippen LogP) is 4.63. The molecule has 2 rings (SSSR count). The van der Waals surface area contributed by atoms with Crippen LogP contribution in [0.2, 0.25) is 15.1 Å². The molecule has 0 aliphatic heterocycles. The maximum atomic E-state index is 10.8. The number of methoxy groups -OCH3 is 1. The van der Waals surface area contributed by atoms with E-state index in [4.69, 9.17) is 39.5 Å². The summed E-state index contributed by atoms with van der Waals surface area (Å²) in [6.45, 7) is 0. The van der Waals surface area contributed by atoms with E-state index in [-0.39, 0.29) is 21.6 Å². The molecule has 0 atom stereocenters. The first-order valence-electron chi connectivity index (χ1n) is 5.27. The van der Waals surface area contributed by atoms with Gasteiger partial charge < -0.3 is 14.9 Å². The molecule has 0 fully saturated rings. The molecule has 0 amide bonds. The van der Waals surface area contributed by atoms with Crippen LogP contribution in [0.4, 0.5) is 5.82 Å². The monoisotopic (exact) mass is 332 g/mol. The third-order valence-corrected chi connectivity index (χ3v) is 3.55. The van der Waals surface area contributed by atoms with Gasteiger partial charge in [-0.25, -0.2) is 0 Å². The molecule has 5 nitrogen and oxygen atoms in total. The van der Waals surface area contributed by atoms with E-state index in [9.17, 15) is 10.1 Å². The highest BCUT2D eigenvalue weighted by Crippen LogP contribution is 2.38. The zero-order valence-corrected chi connectivity index (χ0v) is 12.3. The van der Waals surface area contributed by atoms with E-state index in [0.717, 1.165) is 0 Å². The van der Waals surface area contributed by atoms with Gasteiger partial charge in [-0.15, -0.1) is 0 Å². The van der Waals surface area contributed by atoms with Gasteiger partial charge in [0.25, 0.3) is 0 Å². The van der Waals surface area contributed by atoms with E-state index >= 15 is 0 Å². The molecule has 1 heterocycles. The number of halogens is 3. The van der Waals surface area contributed by atoms with E-state index in [0.29, 0.717) is 16.1 Å². The van der Waals surface area contributed by atoms with Crippen molar-refractivity contribution in [1.29, 1.82) is 0 Å². The molecule has 0 saturated heterocycles. The van der Waals surface area contributed by atoms with Crippen molar-refractivity contribution in [2.75, 3.05) is 7.11 Å². The lowest BCUT2D eigenvalue weighted by Gasteiger charge is -2.07. The summed E-state index contributed by atoms with van der Waals surface area (Å²) in [7, 11) is 1.32. The van der Waals surface area contributed by atoms with Gasteiger partial charge in [0.2, 0.25) is 5.75 Å². The molecule has 20 heavy (non-hydrogen) atoms. The highest BCUT2D eigenvalue weighted by molar-refractivity contribution is 6.45. The average Bonchev–Trinajstić information content (AvgIpc) is 2.41. The molecule has 0 N–H and O–H groups in total. The average molecular weight is 334 g/mol. The Morgan fingerprint density at radius 3 is 2.55 bits per heavy atom. The summed E-state index contributed by atoms with van der Waals surface area (Å²) in [5.74, 6) is -0.347. The van der Waals surface area contributed by atoms with Crippen LogP contribution in [0.1, 0.15) is 0 Å². The molecule has 0 unspecified atom stereocenters. The molecule has 0 spiro atoms. The molecule has 0 aliphatic carbocycles. The standard InChI is InChI=1S/C12H7Cl3N2O3/c1-20-10-2-6(5-16-12(10)17(18)19)8-3-7(13)4-9(14)11(8)15/h2-5H,1H3. The summed E-state index contributed by atoms with van der Waals surface area (Å²) in [4.78, 5) is 13.9. The van der Waals surface area contributed by atoms with E-state index in [1.54, 1.807) is 6.07 Å². The summed E-state index contributed by atoms with van der Waals surface area (Å²) >= 11 is 18.0. The third kappa shape index (κ3) is 2.80. The second kappa shape index (κ2) is 5.83. The van der Waals surface area contributed by atoms with Crippen molar-refractivity contribution in [3.63, 3.8) is 0 Å². The van der Waals surface area contributed by atoms with Gasteiger partial charge in [0.15, 0.2) is 0 Å². The topological polar surface area (TPSA) is 65.3 Å². The van der Waals surface area contributed by atoms with Gasteiger partial charge in [0.1, 0.15) is 6.20 Å². The lowest BCUT2D eigenvalue weighted by Crippen LogP contribution is -1.97. The number of aromatic nitrogens is 1. The molecule has 0 bridgehead atoms. The maximum Gasteiger partial charge on any atom is 0.406 e. The van der Waals surface area contributed by atoms with Crippen molar-refractivity contribution in [2.45, 2.75) is 0 Å². The highest BCUT2D eigenvalue weighted by Gasteiger charge is 2.19. The van der Waals surface area contributed by atoms with Gasteiger partial charge in [-0.2, -0.15) is 0 Å². The zero-order valence-electron chi connectivity index (χ0n) is 10.1. The van der Waals surface area contributed by atoms with E-state index < -0.39 is 4.92 Å². The number of ether oxygens (including phenoxy) is 1. The Bertz CT molecular complexity index is 692. The minimum atomic E-state index is -0.630. The number of rotatable bonds is 3. The lowest BCUT2D eigenvalue weighted by atomic mass is 10.1. The fourth-order valence-corrected chi connectivity index (χ4v) is 2.35. The van der Waals surface area contributed by atoms with Crippen LogP contribution in [0.3, 0.4) is 0 Å². The van der Waals surface area contributed by atoms with Crippen molar-refractivity contribution >= 4 is 40.6 Å². The van der Waals surface area contributed by atoms with Crippen LogP contribution in [0.15, 0.2) is 24.4 Å². The summed E-state index contributed by atoms with van der Waals surface area (Å²) in [5.41, 5.74) is 1.03. The second-order valence-electron chi connectivity index (χ2n) is 3.76. The van der Waals surface area contributed by atoms with Gasteiger partial charge in [-0.1, -0.05) is 34.8 Å². The van der Waals surface area contributed by atoms with E-state index in [1.165, 1.54) is 25.4 Å². The van der Waals surface area contributed by atoms with Gasteiger partial charge in [-0.05, 0) is 22.0 Å². The normalized spacial score (nSPS) is 10.4. The number of benzene rings is 1. The Balaban J connectivity index is 2.62. The quantitative estimate of drug-likeness (QED) is 0.467. The zero-order chi connectivity index (χ0) is 14.9. The number of nitro groups is 1. The highest BCUT2D eigenvalue weighted by atomic mass is 35.5. The fraction of sp³-hybridized carbons (Fsp3) is 0.0833. The molecule has 2 aromatic rings.